The van der Waals surface area contributed by atoms with Gasteiger partial charge in [0.15, 0.2) is 0 Å². The molecule has 86 valence electrons. The van der Waals surface area contributed by atoms with Gasteiger partial charge in [-0.1, -0.05) is 39.3 Å². The highest BCUT2D eigenvalue weighted by Crippen LogP contribution is 2.07. The van der Waals surface area contributed by atoms with Crippen molar-refractivity contribution in [3.63, 3.8) is 0 Å². The van der Waals surface area contributed by atoms with Crippen molar-refractivity contribution in [3.8, 4) is 0 Å². The molecule has 0 aliphatic carbocycles. The van der Waals surface area contributed by atoms with Crippen LogP contribution in [0.25, 0.3) is 0 Å². The summed E-state index contributed by atoms with van der Waals surface area (Å²) < 4.78 is 0. The maximum absolute atomic E-state index is 10.9. The molecule has 0 aliphatic rings. The van der Waals surface area contributed by atoms with Gasteiger partial charge in [-0.05, 0) is 12.1 Å². The number of nitrogens with one attached hydrogen (secondary N) is 1. The second-order valence-corrected chi connectivity index (χ2v) is 2.37. The van der Waals surface area contributed by atoms with Crippen molar-refractivity contribution in [3.05, 3.63) is 29.0 Å². The van der Waals surface area contributed by atoms with Gasteiger partial charge < -0.3 is 5.32 Å². The third kappa shape index (κ3) is 6.91. The van der Waals surface area contributed by atoms with E-state index in [9.17, 15) is 4.79 Å². The van der Waals surface area contributed by atoms with Gasteiger partial charge in [-0.15, -0.1) is 0 Å². The predicted molar refractivity (Wildman–Crippen MR) is 65.3 cm³/mol. The molecule has 1 heterocycles. The normalized spacial score (nSPS) is 7.60. The third-order valence-electron chi connectivity index (χ3n) is 1.18. The van der Waals surface area contributed by atoms with Crippen molar-refractivity contribution < 1.29 is 4.79 Å². The van der Waals surface area contributed by atoms with Gasteiger partial charge in [-0.2, -0.15) is 0 Å². The Morgan fingerprint density at radius 1 is 1.33 bits per heavy atom. The van der Waals surface area contributed by atoms with E-state index in [4.69, 9.17) is 11.6 Å². The number of nitrogens with zero attached hydrogens (tertiary/aromatic N) is 1. The maximum Gasteiger partial charge on any atom is 0.269 e. The number of hydrogen-bond acceptors (Lipinski definition) is 2. The van der Waals surface area contributed by atoms with E-state index in [1.807, 2.05) is 27.7 Å². The molecular weight excluding hydrogens is 212 g/mol. The quantitative estimate of drug-likeness (QED) is 0.806. The summed E-state index contributed by atoms with van der Waals surface area (Å²) in [6, 6.07) is 3.13. The van der Waals surface area contributed by atoms with E-state index in [1.54, 1.807) is 13.1 Å². The Labute approximate surface area is 96.9 Å². The van der Waals surface area contributed by atoms with Gasteiger partial charge >= 0.3 is 0 Å². The molecular formula is C11H19ClN2O. The SMILES string of the molecule is CC.CC.CNC(=O)c1cc(Cl)ccn1. The van der Waals surface area contributed by atoms with Crippen molar-refractivity contribution in [1.29, 1.82) is 0 Å². The molecule has 0 fully saturated rings. The minimum Gasteiger partial charge on any atom is -0.354 e. The molecule has 0 saturated carbocycles. The summed E-state index contributed by atoms with van der Waals surface area (Å²) >= 11 is 5.63. The molecule has 0 aliphatic heterocycles. The van der Waals surface area contributed by atoms with Crippen LogP contribution < -0.4 is 5.32 Å². The Morgan fingerprint density at radius 3 is 2.27 bits per heavy atom. The Balaban J connectivity index is 0. The number of carbonyl (C=O) groups is 1. The highest BCUT2D eigenvalue weighted by Gasteiger charge is 2.03. The van der Waals surface area contributed by atoms with Gasteiger partial charge in [0.1, 0.15) is 5.69 Å². The van der Waals surface area contributed by atoms with E-state index in [1.165, 1.54) is 12.3 Å². The lowest BCUT2D eigenvalue weighted by atomic mass is 10.3. The van der Waals surface area contributed by atoms with Crippen LogP contribution in [-0.2, 0) is 0 Å². The van der Waals surface area contributed by atoms with Crippen LogP contribution >= 0.6 is 11.6 Å². The summed E-state index contributed by atoms with van der Waals surface area (Å²) in [5, 5.41) is 2.96. The van der Waals surface area contributed by atoms with Gasteiger partial charge in [0.2, 0.25) is 0 Å². The van der Waals surface area contributed by atoms with E-state index in [0.717, 1.165) is 0 Å². The molecule has 4 heteroatoms. The topological polar surface area (TPSA) is 42.0 Å². The fourth-order valence-corrected chi connectivity index (χ4v) is 0.817. The second-order valence-electron chi connectivity index (χ2n) is 1.94. The fraction of sp³-hybridized carbons (Fsp3) is 0.455. The van der Waals surface area contributed by atoms with Crippen LogP contribution in [0.15, 0.2) is 18.3 Å². The minimum atomic E-state index is -0.229. The van der Waals surface area contributed by atoms with Gasteiger partial charge in [0, 0.05) is 18.3 Å². The summed E-state index contributed by atoms with van der Waals surface area (Å²) in [7, 11) is 1.55. The van der Waals surface area contributed by atoms with Crippen LogP contribution in [0.5, 0.6) is 0 Å². The maximum atomic E-state index is 10.9. The third-order valence-corrected chi connectivity index (χ3v) is 1.42. The molecule has 0 aromatic carbocycles. The standard InChI is InChI=1S/C7H7ClN2O.2C2H6/c1-9-7(11)6-4-5(8)2-3-10-6;2*1-2/h2-4H,1H3,(H,9,11);2*1-2H3. The highest BCUT2D eigenvalue weighted by molar-refractivity contribution is 6.30. The first kappa shape index (κ1) is 16.3. The lowest BCUT2D eigenvalue weighted by Crippen LogP contribution is -2.18. The van der Waals surface area contributed by atoms with Crippen LogP contribution in [0.1, 0.15) is 38.2 Å². The molecule has 0 unspecified atom stereocenters. The Bertz CT molecular complexity index is 277. The van der Waals surface area contributed by atoms with E-state index < -0.39 is 0 Å². The summed E-state index contributed by atoms with van der Waals surface area (Å²) in [5.74, 6) is -0.229. The number of hydrogen-bond donors (Lipinski definition) is 1. The molecule has 0 bridgehead atoms. The van der Waals surface area contributed by atoms with Crippen molar-refractivity contribution in [2.24, 2.45) is 0 Å². The summed E-state index contributed by atoms with van der Waals surface area (Å²) in [6.07, 6.45) is 1.49. The smallest absolute Gasteiger partial charge is 0.269 e. The van der Waals surface area contributed by atoms with Crippen molar-refractivity contribution in [2.75, 3.05) is 7.05 Å². The number of halogens is 1. The fourth-order valence-electron chi connectivity index (χ4n) is 0.657. The zero-order valence-electron chi connectivity index (χ0n) is 9.97. The summed E-state index contributed by atoms with van der Waals surface area (Å²) in [4.78, 5) is 14.7. The number of carbonyl (C=O) groups excluding carboxylic acids is 1. The average Bonchev–Trinajstić information content (AvgIpc) is 2.33. The van der Waals surface area contributed by atoms with Crippen LogP contribution in [0.2, 0.25) is 5.02 Å². The molecule has 1 N–H and O–H groups in total. The zero-order valence-corrected chi connectivity index (χ0v) is 10.7. The molecule has 0 atom stereocenters. The van der Waals surface area contributed by atoms with Crippen molar-refractivity contribution in [1.82, 2.24) is 10.3 Å². The number of pyridine rings is 1. The summed E-state index contributed by atoms with van der Waals surface area (Å²) in [5.41, 5.74) is 0.333. The minimum absolute atomic E-state index is 0.229. The molecule has 0 saturated heterocycles. The van der Waals surface area contributed by atoms with Gasteiger partial charge in [0.25, 0.3) is 5.91 Å². The zero-order chi connectivity index (χ0) is 12.3. The van der Waals surface area contributed by atoms with E-state index in [0.29, 0.717) is 10.7 Å². The molecule has 15 heavy (non-hydrogen) atoms. The number of rotatable bonds is 1. The predicted octanol–water partition coefficient (Wildman–Crippen LogP) is 3.15. The van der Waals surface area contributed by atoms with Crippen LogP contribution in [0.4, 0.5) is 0 Å². The lowest BCUT2D eigenvalue weighted by molar-refractivity contribution is 0.0958. The molecule has 1 rings (SSSR count). The first-order valence-corrected chi connectivity index (χ1v) is 5.45. The Hall–Kier alpha value is -1.09. The molecule has 1 aromatic heterocycles. The Kier molecular flexibility index (Phi) is 12.0. The van der Waals surface area contributed by atoms with E-state index in [-0.39, 0.29) is 5.91 Å². The van der Waals surface area contributed by atoms with E-state index in [2.05, 4.69) is 10.3 Å². The first-order valence-electron chi connectivity index (χ1n) is 5.07. The van der Waals surface area contributed by atoms with E-state index >= 15 is 0 Å². The number of aromatic nitrogens is 1. The summed E-state index contributed by atoms with van der Waals surface area (Å²) in [6.45, 7) is 8.00. The monoisotopic (exact) mass is 230 g/mol. The molecule has 0 radical (unpaired) electrons. The Morgan fingerprint density at radius 2 is 1.87 bits per heavy atom. The van der Waals surface area contributed by atoms with Crippen molar-refractivity contribution >= 4 is 17.5 Å². The van der Waals surface area contributed by atoms with Gasteiger partial charge in [-0.3, -0.25) is 9.78 Å². The average molecular weight is 231 g/mol. The molecule has 1 amide bonds. The van der Waals surface area contributed by atoms with Crippen LogP contribution in [0.3, 0.4) is 0 Å². The van der Waals surface area contributed by atoms with Gasteiger partial charge in [-0.25, -0.2) is 0 Å². The lowest BCUT2D eigenvalue weighted by Gasteiger charge is -1.97. The van der Waals surface area contributed by atoms with Crippen molar-refractivity contribution in [2.45, 2.75) is 27.7 Å². The largest absolute Gasteiger partial charge is 0.354 e. The molecule has 1 aromatic rings. The molecule has 0 spiro atoms. The van der Waals surface area contributed by atoms with Crippen LogP contribution in [0, 0.1) is 0 Å². The number of amides is 1. The molecule has 3 nitrogen and oxygen atoms in total. The van der Waals surface area contributed by atoms with Crippen LogP contribution in [-0.4, -0.2) is 17.9 Å². The second kappa shape index (κ2) is 11.0. The first-order chi connectivity index (χ1) is 7.24. The van der Waals surface area contributed by atoms with Gasteiger partial charge in [0.05, 0.1) is 0 Å². The highest BCUT2D eigenvalue weighted by atomic mass is 35.5.